The number of rotatable bonds is 2. The molecule has 88 valence electrons. The van der Waals surface area contributed by atoms with E-state index < -0.39 is 0 Å². The SMILES string of the molecule is Clc1ccc(Cc2cccc3ccccc23)cc1. The summed E-state index contributed by atoms with van der Waals surface area (Å²) < 4.78 is 0. The molecule has 0 saturated carbocycles. The highest BCUT2D eigenvalue weighted by molar-refractivity contribution is 6.30. The van der Waals surface area contributed by atoms with Crippen LogP contribution in [0.4, 0.5) is 0 Å². The quantitative estimate of drug-likeness (QED) is 0.596. The highest BCUT2D eigenvalue weighted by atomic mass is 35.5. The van der Waals surface area contributed by atoms with Crippen LogP contribution in [0.3, 0.4) is 0 Å². The molecule has 3 rings (SSSR count). The van der Waals surface area contributed by atoms with Crippen molar-refractivity contribution in [2.75, 3.05) is 0 Å². The number of halogens is 1. The van der Waals surface area contributed by atoms with Gasteiger partial charge in [0.1, 0.15) is 0 Å². The molecule has 1 heteroatoms. The van der Waals surface area contributed by atoms with Gasteiger partial charge in [-0.25, -0.2) is 0 Å². The summed E-state index contributed by atoms with van der Waals surface area (Å²) in [6.07, 6.45) is 0.943. The van der Waals surface area contributed by atoms with Crippen molar-refractivity contribution in [3.63, 3.8) is 0 Å². The number of fused-ring (bicyclic) bond motifs is 1. The summed E-state index contributed by atoms with van der Waals surface area (Å²) >= 11 is 5.91. The van der Waals surface area contributed by atoms with Crippen LogP contribution in [0.5, 0.6) is 0 Å². The lowest BCUT2D eigenvalue weighted by atomic mass is 9.99. The van der Waals surface area contributed by atoms with Crippen LogP contribution in [-0.2, 0) is 6.42 Å². The highest BCUT2D eigenvalue weighted by Gasteiger charge is 2.01. The van der Waals surface area contributed by atoms with Crippen molar-refractivity contribution in [2.24, 2.45) is 0 Å². The molecule has 0 aliphatic heterocycles. The Morgan fingerprint density at radius 2 is 1.44 bits per heavy atom. The summed E-state index contributed by atoms with van der Waals surface area (Å²) in [7, 11) is 0. The molecule has 0 N–H and O–H groups in total. The van der Waals surface area contributed by atoms with Crippen LogP contribution >= 0.6 is 11.6 Å². The largest absolute Gasteiger partial charge is 0.0843 e. The Hall–Kier alpha value is -1.79. The van der Waals surface area contributed by atoms with Gasteiger partial charge in [-0.3, -0.25) is 0 Å². The van der Waals surface area contributed by atoms with Gasteiger partial charge < -0.3 is 0 Å². The Morgan fingerprint density at radius 3 is 2.28 bits per heavy atom. The fraction of sp³-hybridized carbons (Fsp3) is 0.0588. The third kappa shape index (κ3) is 2.25. The minimum Gasteiger partial charge on any atom is -0.0843 e. The minimum atomic E-state index is 0.789. The van der Waals surface area contributed by atoms with Crippen molar-refractivity contribution in [3.8, 4) is 0 Å². The lowest BCUT2D eigenvalue weighted by Crippen LogP contribution is -1.89. The Labute approximate surface area is 112 Å². The van der Waals surface area contributed by atoms with E-state index in [2.05, 4.69) is 54.6 Å². The van der Waals surface area contributed by atoms with Gasteiger partial charge in [-0.15, -0.1) is 0 Å². The van der Waals surface area contributed by atoms with E-state index in [1.54, 1.807) is 0 Å². The molecule has 0 bridgehead atoms. The first-order chi connectivity index (χ1) is 8.83. The van der Waals surface area contributed by atoms with E-state index in [1.807, 2.05) is 12.1 Å². The van der Waals surface area contributed by atoms with Crippen LogP contribution in [0.25, 0.3) is 10.8 Å². The molecule has 0 aliphatic rings. The van der Waals surface area contributed by atoms with Crippen molar-refractivity contribution in [3.05, 3.63) is 82.9 Å². The van der Waals surface area contributed by atoms with Gasteiger partial charge in [0.2, 0.25) is 0 Å². The molecule has 0 spiro atoms. The van der Waals surface area contributed by atoms with Crippen molar-refractivity contribution in [1.29, 1.82) is 0 Å². The molecule has 18 heavy (non-hydrogen) atoms. The number of hydrogen-bond acceptors (Lipinski definition) is 0. The van der Waals surface area contributed by atoms with Gasteiger partial charge in [0.05, 0.1) is 0 Å². The monoisotopic (exact) mass is 252 g/mol. The molecule has 0 radical (unpaired) electrons. The molecule has 3 aromatic rings. The van der Waals surface area contributed by atoms with Crippen LogP contribution in [0.2, 0.25) is 5.02 Å². The van der Waals surface area contributed by atoms with Crippen molar-refractivity contribution >= 4 is 22.4 Å². The van der Waals surface area contributed by atoms with E-state index in [-0.39, 0.29) is 0 Å². The second-order valence-corrected chi connectivity index (χ2v) is 4.88. The van der Waals surface area contributed by atoms with E-state index >= 15 is 0 Å². The van der Waals surface area contributed by atoms with Crippen molar-refractivity contribution in [1.82, 2.24) is 0 Å². The van der Waals surface area contributed by atoms with E-state index in [4.69, 9.17) is 11.6 Å². The first kappa shape index (κ1) is 11.3. The Kier molecular flexibility index (Phi) is 3.04. The maximum atomic E-state index is 5.91. The zero-order valence-corrected chi connectivity index (χ0v) is 10.7. The standard InChI is InChI=1S/C17H13Cl/c18-16-10-8-13(9-11-16)12-15-6-3-5-14-4-1-2-7-17(14)15/h1-11H,12H2. The van der Waals surface area contributed by atoms with Crippen LogP contribution < -0.4 is 0 Å². The van der Waals surface area contributed by atoms with Crippen LogP contribution in [0.1, 0.15) is 11.1 Å². The smallest absolute Gasteiger partial charge is 0.0406 e. The van der Waals surface area contributed by atoms with Crippen molar-refractivity contribution < 1.29 is 0 Å². The molecule has 0 amide bonds. The molecular formula is C17H13Cl. The Morgan fingerprint density at radius 1 is 0.722 bits per heavy atom. The van der Waals surface area contributed by atoms with Gasteiger partial charge in [-0.2, -0.15) is 0 Å². The van der Waals surface area contributed by atoms with Crippen LogP contribution in [-0.4, -0.2) is 0 Å². The third-order valence-corrected chi connectivity index (χ3v) is 3.44. The predicted molar refractivity (Wildman–Crippen MR) is 78.2 cm³/mol. The Balaban J connectivity index is 2.02. The lowest BCUT2D eigenvalue weighted by Gasteiger charge is -2.06. The van der Waals surface area contributed by atoms with E-state index in [0.717, 1.165) is 11.4 Å². The fourth-order valence-electron chi connectivity index (χ4n) is 2.27. The van der Waals surface area contributed by atoms with Gasteiger partial charge in [0, 0.05) is 5.02 Å². The number of benzene rings is 3. The predicted octanol–water partition coefficient (Wildman–Crippen LogP) is 5.08. The summed E-state index contributed by atoms with van der Waals surface area (Å²) in [5, 5.41) is 3.41. The molecular weight excluding hydrogens is 240 g/mol. The van der Waals surface area contributed by atoms with Crippen molar-refractivity contribution in [2.45, 2.75) is 6.42 Å². The molecule has 0 atom stereocenters. The molecule has 3 aromatic carbocycles. The van der Waals surface area contributed by atoms with E-state index in [0.29, 0.717) is 0 Å². The Bertz CT molecular complexity index is 663. The molecule has 0 aliphatic carbocycles. The van der Waals surface area contributed by atoms with Crippen LogP contribution in [0, 0.1) is 0 Å². The van der Waals surface area contributed by atoms with E-state index in [9.17, 15) is 0 Å². The maximum absolute atomic E-state index is 5.91. The van der Waals surface area contributed by atoms with Gasteiger partial charge in [0.25, 0.3) is 0 Å². The highest BCUT2D eigenvalue weighted by Crippen LogP contribution is 2.21. The first-order valence-corrected chi connectivity index (χ1v) is 6.42. The average Bonchev–Trinajstić information content (AvgIpc) is 2.42. The lowest BCUT2D eigenvalue weighted by molar-refractivity contribution is 1.21. The second-order valence-electron chi connectivity index (χ2n) is 4.44. The van der Waals surface area contributed by atoms with Gasteiger partial charge in [-0.1, -0.05) is 66.2 Å². The summed E-state index contributed by atoms with van der Waals surface area (Å²) in [6.45, 7) is 0. The zero-order valence-electron chi connectivity index (χ0n) is 9.94. The molecule has 0 saturated heterocycles. The topological polar surface area (TPSA) is 0 Å². The maximum Gasteiger partial charge on any atom is 0.0406 e. The number of hydrogen-bond donors (Lipinski definition) is 0. The van der Waals surface area contributed by atoms with Gasteiger partial charge in [-0.05, 0) is 40.5 Å². The van der Waals surface area contributed by atoms with Gasteiger partial charge >= 0.3 is 0 Å². The summed E-state index contributed by atoms with van der Waals surface area (Å²) in [6, 6.07) is 23.0. The average molecular weight is 253 g/mol. The summed E-state index contributed by atoms with van der Waals surface area (Å²) in [5.74, 6) is 0. The first-order valence-electron chi connectivity index (χ1n) is 6.04. The summed E-state index contributed by atoms with van der Waals surface area (Å²) in [4.78, 5) is 0. The van der Waals surface area contributed by atoms with E-state index in [1.165, 1.54) is 21.9 Å². The zero-order chi connectivity index (χ0) is 12.4. The molecule has 0 heterocycles. The van der Waals surface area contributed by atoms with Crippen LogP contribution in [0.15, 0.2) is 66.7 Å². The molecule has 0 aromatic heterocycles. The fourth-order valence-corrected chi connectivity index (χ4v) is 2.39. The molecule has 0 nitrogen and oxygen atoms in total. The normalized spacial score (nSPS) is 10.7. The molecule has 0 unspecified atom stereocenters. The summed E-state index contributed by atoms with van der Waals surface area (Å²) in [5.41, 5.74) is 2.64. The minimum absolute atomic E-state index is 0.789. The third-order valence-electron chi connectivity index (χ3n) is 3.19. The second kappa shape index (κ2) is 4.83. The molecule has 0 fully saturated rings. The van der Waals surface area contributed by atoms with Gasteiger partial charge in [0.15, 0.2) is 0 Å².